The number of carbonyl (C=O) groups excluding carboxylic acids is 1. The quantitative estimate of drug-likeness (QED) is 0.916. The average molecular weight is 285 g/mol. The Hall–Kier alpha value is -2.56. The number of ether oxygens (including phenoxy) is 1. The van der Waals surface area contributed by atoms with Gasteiger partial charge in [0.25, 0.3) is 5.91 Å². The van der Waals surface area contributed by atoms with E-state index in [1.807, 2.05) is 24.3 Å². The molecule has 0 fully saturated rings. The fourth-order valence-corrected chi connectivity index (χ4v) is 2.04. The van der Waals surface area contributed by atoms with Crippen LogP contribution in [0, 0.1) is 0 Å². The average Bonchev–Trinajstić information content (AvgIpc) is 2.54. The van der Waals surface area contributed by atoms with Crippen LogP contribution in [0.1, 0.15) is 15.9 Å². The molecule has 0 radical (unpaired) electrons. The highest BCUT2D eigenvalue weighted by molar-refractivity contribution is 5.94. The molecule has 1 aromatic carbocycles. The minimum absolute atomic E-state index is 0.0447. The van der Waals surface area contributed by atoms with Gasteiger partial charge >= 0.3 is 0 Å². The first kappa shape index (κ1) is 14.8. The maximum atomic E-state index is 12.4. The molecule has 0 saturated heterocycles. The molecule has 0 aliphatic rings. The molecule has 1 heterocycles. The molecule has 1 amide bonds. The minimum atomic E-state index is -0.0447. The van der Waals surface area contributed by atoms with Crippen LogP contribution in [0.25, 0.3) is 0 Å². The zero-order valence-electron chi connectivity index (χ0n) is 12.5. The number of anilines is 1. The molecule has 0 aliphatic heterocycles. The Kier molecular flexibility index (Phi) is 4.77. The number of rotatable bonds is 5. The second kappa shape index (κ2) is 6.74. The number of aromatic nitrogens is 1. The predicted octanol–water partition coefficient (Wildman–Crippen LogP) is 2.40. The lowest BCUT2D eigenvalue weighted by Crippen LogP contribution is -2.26. The molecular formula is C16H19N3O2. The molecule has 0 spiro atoms. The molecular weight excluding hydrogens is 266 g/mol. The summed E-state index contributed by atoms with van der Waals surface area (Å²) in [4.78, 5) is 18.2. The number of hydrogen-bond acceptors (Lipinski definition) is 4. The van der Waals surface area contributed by atoms with Crippen LogP contribution in [-0.4, -0.2) is 37.0 Å². The van der Waals surface area contributed by atoms with Crippen molar-refractivity contribution in [1.82, 2.24) is 9.88 Å². The van der Waals surface area contributed by atoms with Gasteiger partial charge in [0, 0.05) is 32.4 Å². The van der Waals surface area contributed by atoms with Gasteiger partial charge in [0.2, 0.25) is 0 Å². The van der Waals surface area contributed by atoms with Crippen LogP contribution in [-0.2, 0) is 6.54 Å². The van der Waals surface area contributed by atoms with E-state index in [0.29, 0.717) is 17.9 Å². The van der Waals surface area contributed by atoms with Gasteiger partial charge in [-0.15, -0.1) is 0 Å². The van der Waals surface area contributed by atoms with E-state index < -0.39 is 0 Å². The van der Waals surface area contributed by atoms with Crippen molar-refractivity contribution >= 4 is 11.7 Å². The lowest BCUT2D eigenvalue weighted by molar-refractivity contribution is 0.0785. The van der Waals surface area contributed by atoms with E-state index in [9.17, 15) is 4.79 Å². The highest BCUT2D eigenvalue weighted by atomic mass is 16.5. The largest absolute Gasteiger partial charge is 0.497 e. The van der Waals surface area contributed by atoms with Crippen molar-refractivity contribution in [2.45, 2.75) is 6.54 Å². The molecule has 0 aliphatic carbocycles. The Morgan fingerprint density at radius 1 is 1.33 bits per heavy atom. The van der Waals surface area contributed by atoms with Crippen LogP contribution >= 0.6 is 0 Å². The highest BCUT2D eigenvalue weighted by Gasteiger charge is 2.13. The van der Waals surface area contributed by atoms with E-state index in [1.54, 1.807) is 44.4 Å². The number of carbonyl (C=O) groups is 1. The van der Waals surface area contributed by atoms with Gasteiger partial charge in [0.1, 0.15) is 11.6 Å². The van der Waals surface area contributed by atoms with Crippen molar-refractivity contribution < 1.29 is 9.53 Å². The highest BCUT2D eigenvalue weighted by Crippen LogP contribution is 2.15. The first-order valence-corrected chi connectivity index (χ1v) is 6.66. The molecule has 0 unspecified atom stereocenters. The number of hydrogen-bond donors (Lipinski definition) is 1. The van der Waals surface area contributed by atoms with Crippen molar-refractivity contribution in [3.63, 3.8) is 0 Å². The van der Waals surface area contributed by atoms with E-state index in [2.05, 4.69) is 10.3 Å². The molecule has 5 nitrogen and oxygen atoms in total. The molecule has 21 heavy (non-hydrogen) atoms. The summed E-state index contributed by atoms with van der Waals surface area (Å²) in [6, 6.07) is 11.1. The molecule has 2 rings (SSSR count). The standard InChI is InChI=1S/C16H19N3O2/c1-17-15-10-13(7-8-18-15)16(20)19(2)11-12-5-4-6-14(9-12)21-3/h4-10H,11H2,1-3H3,(H,17,18). The van der Waals surface area contributed by atoms with E-state index in [1.165, 1.54) is 0 Å². The normalized spacial score (nSPS) is 10.0. The van der Waals surface area contributed by atoms with Crippen molar-refractivity contribution in [3.05, 3.63) is 53.7 Å². The topological polar surface area (TPSA) is 54.5 Å². The number of methoxy groups -OCH3 is 1. The van der Waals surface area contributed by atoms with E-state index in [0.717, 1.165) is 11.3 Å². The molecule has 2 aromatic rings. The van der Waals surface area contributed by atoms with Gasteiger partial charge in [-0.1, -0.05) is 12.1 Å². The number of nitrogens with zero attached hydrogens (tertiary/aromatic N) is 2. The summed E-state index contributed by atoms with van der Waals surface area (Å²) in [6.45, 7) is 0.521. The monoisotopic (exact) mass is 285 g/mol. The van der Waals surface area contributed by atoms with Crippen molar-refractivity contribution in [2.75, 3.05) is 26.5 Å². The van der Waals surface area contributed by atoms with Gasteiger partial charge in [-0.25, -0.2) is 4.98 Å². The van der Waals surface area contributed by atoms with Crippen LogP contribution in [0.3, 0.4) is 0 Å². The van der Waals surface area contributed by atoms with Gasteiger partial charge < -0.3 is 15.0 Å². The second-order valence-corrected chi connectivity index (χ2v) is 4.69. The molecule has 0 bridgehead atoms. The Morgan fingerprint density at radius 2 is 2.14 bits per heavy atom. The Bertz CT molecular complexity index is 628. The molecule has 1 N–H and O–H groups in total. The fourth-order valence-electron chi connectivity index (χ4n) is 2.04. The first-order valence-electron chi connectivity index (χ1n) is 6.66. The van der Waals surface area contributed by atoms with Crippen LogP contribution in [0.15, 0.2) is 42.6 Å². The van der Waals surface area contributed by atoms with Gasteiger partial charge in [0.15, 0.2) is 0 Å². The zero-order chi connectivity index (χ0) is 15.2. The molecule has 0 atom stereocenters. The number of nitrogens with one attached hydrogen (secondary N) is 1. The second-order valence-electron chi connectivity index (χ2n) is 4.69. The van der Waals surface area contributed by atoms with Crippen LogP contribution < -0.4 is 10.1 Å². The third-order valence-electron chi connectivity index (χ3n) is 3.16. The van der Waals surface area contributed by atoms with Gasteiger partial charge in [-0.2, -0.15) is 0 Å². The maximum Gasteiger partial charge on any atom is 0.254 e. The Labute approximate surface area is 124 Å². The number of pyridine rings is 1. The molecule has 110 valence electrons. The first-order chi connectivity index (χ1) is 10.1. The molecule has 5 heteroatoms. The van der Waals surface area contributed by atoms with Crippen LogP contribution in [0.2, 0.25) is 0 Å². The van der Waals surface area contributed by atoms with Crippen molar-refractivity contribution in [2.24, 2.45) is 0 Å². The van der Waals surface area contributed by atoms with Gasteiger partial charge in [-0.3, -0.25) is 4.79 Å². The third-order valence-corrected chi connectivity index (χ3v) is 3.16. The lowest BCUT2D eigenvalue weighted by Gasteiger charge is -2.18. The van der Waals surface area contributed by atoms with E-state index in [-0.39, 0.29) is 5.91 Å². The molecule has 0 saturated carbocycles. The van der Waals surface area contributed by atoms with Gasteiger partial charge in [-0.05, 0) is 29.8 Å². The summed E-state index contributed by atoms with van der Waals surface area (Å²) in [5.41, 5.74) is 1.63. The SMILES string of the molecule is CNc1cc(C(=O)N(C)Cc2cccc(OC)c2)ccn1. The van der Waals surface area contributed by atoms with Gasteiger partial charge in [0.05, 0.1) is 7.11 Å². The summed E-state index contributed by atoms with van der Waals surface area (Å²) >= 11 is 0. The number of benzene rings is 1. The zero-order valence-corrected chi connectivity index (χ0v) is 12.5. The van der Waals surface area contributed by atoms with Crippen molar-refractivity contribution in [1.29, 1.82) is 0 Å². The van der Waals surface area contributed by atoms with E-state index in [4.69, 9.17) is 4.74 Å². The predicted molar refractivity (Wildman–Crippen MR) is 82.6 cm³/mol. The summed E-state index contributed by atoms with van der Waals surface area (Å²) in [5, 5.41) is 2.93. The Balaban J connectivity index is 2.11. The lowest BCUT2D eigenvalue weighted by atomic mass is 10.2. The summed E-state index contributed by atoms with van der Waals surface area (Å²) < 4.78 is 5.19. The molecule has 1 aromatic heterocycles. The van der Waals surface area contributed by atoms with E-state index >= 15 is 0 Å². The maximum absolute atomic E-state index is 12.4. The third kappa shape index (κ3) is 3.72. The fraction of sp³-hybridized carbons (Fsp3) is 0.250. The van der Waals surface area contributed by atoms with Crippen LogP contribution in [0.4, 0.5) is 5.82 Å². The minimum Gasteiger partial charge on any atom is -0.497 e. The van der Waals surface area contributed by atoms with Crippen molar-refractivity contribution in [3.8, 4) is 5.75 Å². The van der Waals surface area contributed by atoms with Crippen LogP contribution in [0.5, 0.6) is 5.75 Å². The smallest absolute Gasteiger partial charge is 0.254 e. The Morgan fingerprint density at radius 3 is 2.86 bits per heavy atom. The summed E-state index contributed by atoms with van der Waals surface area (Å²) in [5.74, 6) is 1.42. The number of amides is 1. The summed E-state index contributed by atoms with van der Waals surface area (Å²) in [7, 11) is 5.18. The summed E-state index contributed by atoms with van der Waals surface area (Å²) in [6.07, 6.45) is 1.62.